The molecule has 2 heterocycles. The molecule has 2 aromatic rings. The van der Waals surface area contributed by atoms with E-state index in [1.165, 1.54) is 4.68 Å². The van der Waals surface area contributed by atoms with Crippen LogP contribution in [-0.4, -0.2) is 31.1 Å². The van der Waals surface area contributed by atoms with Crippen LogP contribution in [0.1, 0.15) is 46.9 Å². The normalized spacial score (nSPS) is 10.9. The van der Waals surface area contributed by atoms with E-state index in [-0.39, 0.29) is 11.4 Å². The van der Waals surface area contributed by atoms with Gasteiger partial charge in [-0.25, -0.2) is 9.48 Å². The van der Waals surface area contributed by atoms with Crippen molar-refractivity contribution in [2.45, 2.75) is 40.5 Å². The van der Waals surface area contributed by atoms with Crippen LogP contribution >= 0.6 is 15.9 Å². The number of carboxylic acids is 1. The van der Waals surface area contributed by atoms with Crippen LogP contribution in [0.5, 0.6) is 0 Å². The fourth-order valence-corrected chi connectivity index (χ4v) is 2.61. The lowest BCUT2D eigenvalue weighted by atomic mass is 10.0. The predicted molar refractivity (Wildman–Crippen MR) is 82.0 cm³/mol. The summed E-state index contributed by atoms with van der Waals surface area (Å²) in [5.41, 5.74) is 3.21. The van der Waals surface area contributed by atoms with Gasteiger partial charge < -0.3 is 5.11 Å². The summed E-state index contributed by atoms with van der Waals surface area (Å²) in [6, 6.07) is 0. The van der Waals surface area contributed by atoms with Gasteiger partial charge in [0.05, 0.1) is 21.6 Å². The molecule has 0 radical (unpaired) electrons. The Kier molecular flexibility index (Phi) is 4.41. The van der Waals surface area contributed by atoms with Crippen molar-refractivity contribution < 1.29 is 9.90 Å². The average Bonchev–Trinajstić information content (AvgIpc) is 2.72. The summed E-state index contributed by atoms with van der Waals surface area (Å²) >= 11 is 3.44. The lowest BCUT2D eigenvalue weighted by Gasteiger charge is -2.13. The van der Waals surface area contributed by atoms with E-state index in [9.17, 15) is 9.90 Å². The molecule has 0 aliphatic carbocycles. The summed E-state index contributed by atoms with van der Waals surface area (Å²) in [5.74, 6) is -0.738. The standard InChI is InChI=1S/C14H17BrN4O2/c1-5-9-10(6-2)16-17-13(11(9)14(20)21)19-8(4)12(15)7(3)18-19/h5-6H2,1-4H3,(H,20,21). The second-order valence-corrected chi connectivity index (χ2v) is 5.53. The zero-order valence-electron chi connectivity index (χ0n) is 12.4. The van der Waals surface area contributed by atoms with E-state index in [0.717, 1.165) is 27.1 Å². The molecule has 0 fully saturated rings. The largest absolute Gasteiger partial charge is 0.478 e. The van der Waals surface area contributed by atoms with E-state index in [1.807, 2.05) is 27.7 Å². The number of carbonyl (C=O) groups is 1. The lowest BCUT2D eigenvalue weighted by molar-refractivity contribution is 0.0694. The first kappa shape index (κ1) is 15.6. The van der Waals surface area contributed by atoms with Crippen molar-refractivity contribution in [3.8, 4) is 5.82 Å². The van der Waals surface area contributed by atoms with Crippen LogP contribution in [0.3, 0.4) is 0 Å². The topological polar surface area (TPSA) is 80.9 Å². The molecular formula is C14H17BrN4O2. The summed E-state index contributed by atoms with van der Waals surface area (Å²) in [6.07, 6.45) is 1.24. The molecule has 0 aliphatic heterocycles. The van der Waals surface area contributed by atoms with Crippen LogP contribution in [0, 0.1) is 13.8 Å². The molecule has 0 aromatic carbocycles. The van der Waals surface area contributed by atoms with Crippen molar-refractivity contribution in [1.82, 2.24) is 20.0 Å². The molecule has 112 valence electrons. The van der Waals surface area contributed by atoms with Crippen molar-refractivity contribution in [1.29, 1.82) is 0 Å². The maximum atomic E-state index is 11.7. The number of aryl methyl sites for hydroxylation is 2. The van der Waals surface area contributed by atoms with Crippen molar-refractivity contribution in [3.63, 3.8) is 0 Å². The molecule has 6 nitrogen and oxygen atoms in total. The number of hydrogen-bond donors (Lipinski definition) is 1. The van der Waals surface area contributed by atoms with E-state index in [2.05, 4.69) is 31.2 Å². The Balaban J connectivity index is 2.80. The third-order valence-electron chi connectivity index (χ3n) is 3.45. The zero-order chi connectivity index (χ0) is 15.7. The highest BCUT2D eigenvalue weighted by Gasteiger charge is 2.24. The van der Waals surface area contributed by atoms with Crippen molar-refractivity contribution >= 4 is 21.9 Å². The van der Waals surface area contributed by atoms with Crippen LogP contribution in [0.4, 0.5) is 0 Å². The maximum Gasteiger partial charge on any atom is 0.339 e. The second kappa shape index (κ2) is 5.93. The van der Waals surface area contributed by atoms with Crippen LogP contribution in [0.2, 0.25) is 0 Å². The first-order valence-corrected chi connectivity index (χ1v) is 7.55. The zero-order valence-corrected chi connectivity index (χ0v) is 14.0. The van der Waals surface area contributed by atoms with Gasteiger partial charge in [-0.1, -0.05) is 13.8 Å². The van der Waals surface area contributed by atoms with E-state index >= 15 is 0 Å². The highest BCUT2D eigenvalue weighted by molar-refractivity contribution is 9.10. The molecule has 7 heteroatoms. The minimum Gasteiger partial charge on any atom is -0.478 e. The van der Waals surface area contributed by atoms with Gasteiger partial charge in [-0.05, 0) is 48.2 Å². The molecule has 1 N–H and O–H groups in total. The van der Waals surface area contributed by atoms with Gasteiger partial charge in [-0.3, -0.25) is 0 Å². The van der Waals surface area contributed by atoms with E-state index < -0.39 is 5.97 Å². The molecule has 0 spiro atoms. The Hall–Kier alpha value is -1.76. The van der Waals surface area contributed by atoms with E-state index in [1.54, 1.807) is 0 Å². The minimum atomic E-state index is -1.00. The van der Waals surface area contributed by atoms with Crippen LogP contribution in [0.15, 0.2) is 4.47 Å². The van der Waals surface area contributed by atoms with Crippen molar-refractivity contribution in [3.05, 3.63) is 32.7 Å². The third-order valence-corrected chi connectivity index (χ3v) is 4.59. The van der Waals surface area contributed by atoms with Crippen LogP contribution in [-0.2, 0) is 12.8 Å². The Morgan fingerprint density at radius 1 is 1.24 bits per heavy atom. The number of aromatic carboxylic acids is 1. The van der Waals surface area contributed by atoms with Gasteiger partial charge in [0.2, 0.25) is 0 Å². The molecule has 0 amide bonds. The fourth-order valence-electron chi connectivity index (χ4n) is 2.37. The molecule has 0 saturated heterocycles. The number of aromatic nitrogens is 4. The van der Waals surface area contributed by atoms with E-state index in [4.69, 9.17) is 0 Å². The van der Waals surface area contributed by atoms with Crippen molar-refractivity contribution in [2.24, 2.45) is 0 Å². The van der Waals surface area contributed by atoms with Crippen molar-refractivity contribution in [2.75, 3.05) is 0 Å². The first-order valence-electron chi connectivity index (χ1n) is 6.76. The third kappa shape index (κ3) is 2.57. The second-order valence-electron chi connectivity index (χ2n) is 4.73. The number of rotatable bonds is 4. The SMILES string of the molecule is CCc1nnc(-n2nc(C)c(Br)c2C)c(C(=O)O)c1CC. The average molecular weight is 353 g/mol. The summed E-state index contributed by atoms with van der Waals surface area (Å²) in [7, 11) is 0. The summed E-state index contributed by atoms with van der Waals surface area (Å²) < 4.78 is 2.38. The molecule has 0 unspecified atom stereocenters. The van der Waals surface area contributed by atoms with E-state index in [0.29, 0.717) is 12.8 Å². The van der Waals surface area contributed by atoms with Crippen LogP contribution in [0.25, 0.3) is 5.82 Å². The molecule has 21 heavy (non-hydrogen) atoms. The maximum absolute atomic E-state index is 11.7. The molecule has 2 aromatic heterocycles. The molecule has 0 aliphatic rings. The lowest BCUT2D eigenvalue weighted by Crippen LogP contribution is -2.17. The first-order chi connectivity index (χ1) is 9.92. The fraction of sp³-hybridized carbons (Fsp3) is 0.429. The Labute approximate surface area is 131 Å². The molecular weight excluding hydrogens is 336 g/mol. The monoisotopic (exact) mass is 352 g/mol. The Morgan fingerprint density at radius 2 is 1.90 bits per heavy atom. The van der Waals surface area contributed by atoms with Gasteiger partial charge in [0.1, 0.15) is 5.56 Å². The summed E-state index contributed by atoms with van der Waals surface area (Å²) in [5, 5.41) is 22.3. The molecule has 0 atom stereocenters. The minimum absolute atomic E-state index is 0.183. The summed E-state index contributed by atoms with van der Waals surface area (Å²) in [4.78, 5) is 11.7. The van der Waals surface area contributed by atoms with Gasteiger partial charge >= 0.3 is 5.97 Å². The highest BCUT2D eigenvalue weighted by atomic mass is 79.9. The number of nitrogens with zero attached hydrogens (tertiary/aromatic N) is 4. The van der Waals surface area contributed by atoms with Gasteiger partial charge in [-0.2, -0.15) is 10.2 Å². The predicted octanol–water partition coefficient (Wildman–Crippen LogP) is 2.86. The van der Waals surface area contributed by atoms with Gasteiger partial charge in [-0.15, -0.1) is 5.10 Å². The number of carboxylic acid groups (broad SMARTS) is 1. The van der Waals surface area contributed by atoms with Gasteiger partial charge in [0.15, 0.2) is 5.82 Å². The molecule has 2 rings (SSSR count). The van der Waals surface area contributed by atoms with Crippen LogP contribution < -0.4 is 0 Å². The Bertz CT molecular complexity index is 709. The van der Waals surface area contributed by atoms with Gasteiger partial charge in [0.25, 0.3) is 0 Å². The quantitative estimate of drug-likeness (QED) is 0.914. The molecule has 0 bridgehead atoms. The Morgan fingerprint density at radius 3 is 2.33 bits per heavy atom. The van der Waals surface area contributed by atoms with Gasteiger partial charge in [0, 0.05) is 0 Å². The summed E-state index contributed by atoms with van der Waals surface area (Å²) in [6.45, 7) is 7.57. The smallest absolute Gasteiger partial charge is 0.339 e. The number of hydrogen-bond acceptors (Lipinski definition) is 4. The molecule has 0 saturated carbocycles. The highest BCUT2D eigenvalue weighted by Crippen LogP contribution is 2.26. The number of halogens is 1.